The van der Waals surface area contributed by atoms with Crippen LogP contribution in [0.2, 0.25) is 0 Å². The lowest BCUT2D eigenvalue weighted by atomic mass is 9.97. The van der Waals surface area contributed by atoms with Crippen LogP contribution in [0.1, 0.15) is 24.2 Å². The minimum atomic E-state index is -0.798. The molecule has 0 aliphatic carbocycles. The van der Waals surface area contributed by atoms with Crippen molar-refractivity contribution in [2.24, 2.45) is 0 Å². The van der Waals surface area contributed by atoms with Crippen LogP contribution < -0.4 is 9.47 Å². The van der Waals surface area contributed by atoms with Gasteiger partial charge in [-0.2, -0.15) is 0 Å². The molecule has 0 heterocycles. The van der Waals surface area contributed by atoms with Crippen LogP contribution in [-0.2, 0) is 30.4 Å². The quantitative estimate of drug-likeness (QED) is 0.219. The number of hydrogen-bond donors (Lipinski definition) is 0. The van der Waals surface area contributed by atoms with Gasteiger partial charge in [-0.3, -0.25) is 4.79 Å². The number of carbonyl (C=O) groups is 2. The Bertz CT molecular complexity index is 1320. The first kappa shape index (κ1) is 25.0. The van der Waals surface area contributed by atoms with Gasteiger partial charge in [0.25, 0.3) is 0 Å². The third-order valence-electron chi connectivity index (χ3n) is 5.83. The number of hydrogen-bond acceptors (Lipinski definition) is 7. The smallest absolute Gasteiger partial charge is 0.332 e. The molecule has 4 rings (SSSR count). The average Bonchev–Trinajstić information content (AvgIpc) is 2.90. The first-order valence-corrected chi connectivity index (χ1v) is 11.5. The summed E-state index contributed by atoms with van der Waals surface area (Å²) in [5.74, 6) is -0.0413. The maximum Gasteiger partial charge on any atom is 0.332 e. The fourth-order valence-electron chi connectivity index (χ4n) is 4.16. The Morgan fingerprint density at radius 3 is 2.06 bits per heavy atom. The summed E-state index contributed by atoms with van der Waals surface area (Å²) in [7, 11) is 3.04. The molecule has 7 nitrogen and oxygen atoms in total. The molecule has 0 aliphatic rings. The summed E-state index contributed by atoms with van der Waals surface area (Å²) in [6.07, 6.45) is -0.798. The van der Waals surface area contributed by atoms with E-state index in [-0.39, 0.29) is 19.8 Å². The molecule has 0 N–H and O–H groups in total. The molecule has 0 saturated carbocycles. The van der Waals surface area contributed by atoms with Crippen LogP contribution in [0, 0.1) is 0 Å². The van der Waals surface area contributed by atoms with Crippen LogP contribution in [0.3, 0.4) is 0 Å². The summed E-state index contributed by atoms with van der Waals surface area (Å²) in [4.78, 5) is 24.1. The van der Waals surface area contributed by atoms with Gasteiger partial charge >= 0.3 is 11.9 Å². The molecule has 4 aromatic rings. The Morgan fingerprint density at radius 1 is 0.806 bits per heavy atom. The van der Waals surface area contributed by atoms with E-state index in [9.17, 15) is 9.59 Å². The molecular weight excluding hydrogens is 460 g/mol. The number of rotatable bonds is 10. The summed E-state index contributed by atoms with van der Waals surface area (Å²) >= 11 is 0. The van der Waals surface area contributed by atoms with Crippen LogP contribution in [0.4, 0.5) is 0 Å². The van der Waals surface area contributed by atoms with Crippen LogP contribution in [0.15, 0.2) is 72.8 Å². The number of ether oxygens (including phenoxy) is 5. The van der Waals surface area contributed by atoms with Gasteiger partial charge in [-0.15, -0.1) is 0 Å². The van der Waals surface area contributed by atoms with Crippen molar-refractivity contribution < 1.29 is 33.3 Å². The molecule has 36 heavy (non-hydrogen) atoms. The third-order valence-corrected chi connectivity index (χ3v) is 5.83. The minimum Gasteiger partial charge on any atom is -0.493 e. The highest BCUT2D eigenvalue weighted by Gasteiger charge is 2.20. The van der Waals surface area contributed by atoms with E-state index >= 15 is 0 Å². The molecule has 0 aromatic heterocycles. The van der Waals surface area contributed by atoms with Gasteiger partial charge in [-0.1, -0.05) is 54.6 Å². The monoisotopic (exact) mass is 488 g/mol. The van der Waals surface area contributed by atoms with Crippen molar-refractivity contribution in [2.45, 2.75) is 19.6 Å². The first-order chi connectivity index (χ1) is 17.5. The van der Waals surface area contributed by atoms with Gasteiger partial charge in [0.1, 0.15) is 13.2 Å². The zero-order valence-corrected chi connectivity index (χ0v) is 20.5. The fourth-order valence-corrected chi connectivity index (χ4v) is 4.16. The average molecular weight is 489 g/mol. The van der Waals surface area contributed by atoms with E-state index < -0.39 is 18.0 Å². The van der Waals surface area contributed by atoms with Crippen LogP contribution in [0.25, 0.3) is 21.5 Å². The van der Waals surface area contributed by atoms with E-state index in [4.69, 9.17) is 23.7 Å². The summed E-state index contributed by atoms with van der Waals surface area (Å²) in [5.41, 5.74) is 1.62. The van der Waals surface area contributed by atoms with Crippen molar-refractivity contribution in [1.82, 2.24) is 0 Å². The Kier molecular flexibility index (Phi) is 8.02. The van der Waals surface area contributed by atoms with Crippen molar-refractivity contribution in [3.8, 4) is 11.5 Å². The Balaban J connectivity index is 1.42. The minimum absolute atomic E-state index is 0.158. The van der Waals surface area contributed by atoms with E-state index in [1.807, 2.05) is 36.4 Å². The molecule has 4 aromatic carbocycles. The molecule has 0 saturated heterocycles. The lowest BCUT2D eigenvalue weighted by Gasteiger charge is -2.19. The lowest BCUT2D eigenvalue weighted by Crippen LogP contribution is -2.20. The summed E-state index contributed by atoms with van der Waals surface area (Å²) in [6, 6.07) is 23.4. The highest BCUT2D eigenvalue weighted by atomic mass is 16.6. The largest absolute Gasteiger partial charge is 0.493 e. The van der Waals surface area contributed by atoms with E-state index in [0.29, 0.717) is 17.1 Å². The van der Waals surface area contributed by atoms with Crippen LogP contribution in [-0.4, -0.2) is 39.4 Å². The van der Waals surface area contributed by atoms with E-state index in [0.717, 1.165) is 27.1 Å². The number of carbonyl (C=O) groups excluding carboxylic acids is 2. The molecular formula is C29H28O7. The van der Waals surface area contributed by atoms with Crippen molar-refractivity contribution in [2.75, 3.05) is 27.4 Å². The van der Waals surface area contributed by atoms with Crippen LogP contribution in [0.5, 0.6) is 11.5 Å². The van der Waals surface area contributed by atoms with Crippen LogP contribution >= 0.6 is 0 Å². The Labute approximate surface area is 209 Å². The lowest BCUT2D eigenvalue weighted by molar-refractivity contribution is -0.161. The van der Waals surface area contributed by atoms with Gasteiger partial charge in [0.2, 0.25) is 0 Å². The molecule has 0 amide bonds. The molecule has 0 unspecified atom stereocenters. The zero-order valence-electron chi connectivity index (χ0n) is 20.5. The summed E-state index contributed by atoms with van der Waals surface area (Å²) in [5, 5.41) is 4.37. The molecule has 0 bridgehead atoms. The van der Waals surface area contributed by atoms with Crippen molar-refractivity contribution in [1.29, 1.82) is 0 Å². The van der Waals surface area contributed by atoms with Gasteiger partial charge in [0, 0.05) is 6.92 Å². The maximum absolute atomic E-state index is 12.5. The topological polar surface area (TPSA) is 80.3 Å². The van der Waals surface area contributed by atoms with Gasteiger partial charge < -0.3 is 23.7 Å². The summed E-state index contributed by atoms with van der Waals surface area (Å²) in [6.45, 7) is 1.15. The molecule has 7 heteroatoms. The number of benzene rings is 4. The zero-order chi connectivity index (χ0) is 25.5. The molecule has 186 valence electrons. The second-order valence-corrected chi connectivity index (χ2v) is 8.19. The third kappa shape index (κ3) is 5.75. The molecule has 0 fully saturated rings. The molecule has 0 aliphatic heterocycles. The molecule has 1 atom stereocenters. The second kappa shape index (κ2) is 11.6. The van der Waals surface area contributed by atoms with Crippen molar-refractivity contribution in [3.63, 3.8) is 0 Å². The molecule has 0 radical (unpaired) electrons. The Hall–Kier alpha value is -4.10. The fraction of sp³-hybridized carbons (Fsp3) is 0.241. The standard InChI is InChI=1S/C29H28O7/c1-19(30)36-28(22-12-13-26(32-2)27(15-22)33-3)17-35-29(31)18-34-16-25-23-10-6-4-8-20(23)14-21-9-5-7-11-24(21)25/h4-15,28H,16-18H2,1-3H3/t28-/m0/s1. The number of fused-ring (bicyclic) bond motifs is 2. The summed E-state index contributed by atoms with van der Waals surface area (Å²) < 4.78 is 27.1. The van der Waals surface area contributed by atoms with Gasteiger partial charge in [-0.25, -0.2) is 4.79 Å². The predicted molar refractivity (Wildman–Crippen MR) is 136 cm³/mol. The Morgan fingerprint density at radius 2 is 1.44 bits per heavy atom. The van der Waals surface area contributed by atoms with E-state index in [1.165, 1.54) is 21.1 Å². The van der Waals surface area contributed by atoms with Gasteiger partial charge in [-0.05, 0) is 50.9 Å². The predicted octanol–water partition coefficient (Wildman–Crippen LogP) is 5.37. The number of esters is 2. The van der Waals surface area contributed by atoms with Gasteiger partial charge in [0.15, 0.2) is 17.6 Å². The van der Waals surface area contributed by atoms with E-state index in [1.54, 1.807) is 18.2 Å². The normalized spacial score (nSPS) is 11.8. The highest BCUT2D eigenvalue weighted by Crippen LogP contribution is 2.32. The number of methoxy groups -OCH3 is 2. The van der Waals surface area contributed by atoms with Crippen molar-refractivity contribution in [3.05, 3.63) is 83.9 Å². The van der Waals surface area contributed by atoms with E-state index in [2.05, 4.69) is 18.2 Å². The first-order valence-electron chi connectivity index (χ1n) is 11.5. The molecule has 0 spiro atoms. The maximum atomic E-state index is 12.5. The van der Waals surface area contributed by atoms with Gasteiger partial charge in [0.05, 0.1) is 20.8 Å². The SMILES string of the molecule is COc1ccc([C@H](COC(=O)COCc2c3ccccc3cc3ccccc23)OC(C)=O)cc1OC. The van der Waals surface area contributed by atoms with Crippen molar-refractivity contribution >= 4 is 33.5 Å². The second-order valence-electron chi connectivity index (χ2n) is 8.19. The highest BCUT2D eigenvalue weighted by molar-refractivity contribution is 6.02.